The molecule has 0 amide bonds. The van der Waals surface area contributed by atoms with E-state index in [1.54, 1.807) is 0 Å². The Morgan fingerprint density at radius 1 is 0.655 bits per heavy atom. The highest BCUT2D eigenvalue weighted by molar-refractivity contribution is 5.69. The molecular weight excluding hydrogens is 362 g/mol. The van der Waals surface area contributed by atoms with Crippen LogP contribution in [0.15, 0.2) is 0 Å². The van der Waals surface area contributed by atoms with Crippen molar-refractivity contribution in [2.45, 2.75) is 123 Å². The van der Waals surface area contributed by atoms with Gasteiger partial charge >= 0.3 is 5.97 Å². The van der Waals surface area contributed by atoms with Crippen LogP contribution in [-0.2, 0) is 9.53 Å². The van der Waals surface area contributed by atoms with E-state index in [0.29, 0.717) is 13.0 Å². The first-order chi connectivity index (χ1) is 14.2. The minimum absolute atomic E-state index is 0.0165. The van der Waals surface area contributed by atoms with Crippen LogP contribution >= 0.6 is 0 Å². The molecule has 0 bridgehead atoms. The molecule has 0 aliphatic carbocycles. The molecule has 0 aliphatic heterocycles. The van der Waals surface area contributed by atoms with Gasteiger partial charge in [0.1, 0.15) is 0 Å². The molecule has 4 heteroatoms. The van der Waals surface area contributed by atoms with Crippen LogP contribution in [0.4, 0.5) is 0 Å². The zero-order valence-corrected chi connectivity index (χ0v) is 19.8. The van der Waals surface area contributed by atoms with Crippen LogP contribution in [0.3, 0.4) is 0 Å². The molecule has 29 heavy (non-hydrogen) atoms. The number of ether oxygens (including phenoxy) is 1. The number of rotatable bonds is 23. The summed E-state index contributed by atoms with van der Waals surface area (Å²) in [6.07, 6.45) is 20.1. The van der Waals surface area contributed by atoms with Gasteiger partial charge in [-0.1, -0.05) is 90.9 Å². The molecule has 0 fully saturated rings. The lowest BCUT2D eigenvalue weighted by Gasteiger charge is -2.21. The van der Waals surface area contributed by atoms with Crippen LogP contribution in [0.5, 0.6) is 0 Å². The van der Waals surface area contributed by atoms with Gasteiger partial charge in [0.15, 0.2) is 0 Å². The molecule has 0 atom stereocenters. The molecule has 0 aromatic carbocycles. The number of carbonyl (C=O) groups is 1. The second-order valence-electron chi connectivity index (χ2n) is 8.49. The SMILES string of the molecule is CCCCCCCCCOC(=O)CCCCCCCN(CCO)CCCCCC. The Labute approximate surface area is 181 Å². The molecule has 0 rings (SSSR count). The summed E-state index contributed by atoms with van der Waals surface area (Å²) in [5.41, 5.74) is 0. The quantitative estimate of drug-likeness (QED) is 0.153. The van der Waals surface area contributed by atoms with Crippen molar-refractivity contribution in [1.29, 1.82) is 0 Å². The number of nitrogens with zero attached hydrogens (tertiary/aromatic N) is 1. The first-order valence-corrected chi connectivity index (χ1v) is 12.7. The van der Waals surface area contributed by atoms with Gasteiger partial charge in [-0.2, -0.15) is 0 Å². The Balaban J connectivity index is 3.43. The van der Waals surface area contributed by atoms with E-state index < -0.39 is 0 Å². The van der Waals surface area contributed by atoms with Gasteiger partial charge in [0, 0.05) is 13.0 Å². The molecular formula is C25H51NO3. The number of aliphatic hydroxyl groups excluding tert-OH is 1. The van der Waals surface area contributed by atoms with Crippen molar-refractivity contribution in [2.75, 3.05) is 32.8 Å². The summed E-state index contributed by atoms with van der Waals surface area (Å²) in [5.74, 6) is -0.0165. The number of esters is 1. The number of unbranched alkanes of at least 4 members (excludes halogenated alkanes) is 13. The van der Waals surface area contributed by atoms with E-state index in [4.69, 9.17) is 4.74 Å². The van der Waals surface area contributed by atoms with Crippen LogP contribution in [0.2, 0.25) is 0 Å². The minimum atomic E-state index is -0.0165. The van der Waals surface area contributed by atoms with Gasteiger partial charge in [-0.15, -0.1) is 0 Å². The van der Waals surface area contributed by atoms with E-state index in [1.165, 1.54) is 83.5 Å². The molecule has 0 saturated heterocycles. The molecule has 0 saturated carbocycles. The van der Waals surface area contributed by atoms with E-state index in [2.05, 4.69) is 18.7 Å². The van der Waals surface area contributed by atoms with Crippen molar-refractivity contribution < 1.29 is 14.6 Å². The predicted octanol–water partition coefficient (Wildman–Crippen LogP) is 6.50. The Morgan fingerprint density at radius 2 is 1.14 bits per heavy atom. The predicted molar refractivity (Wildman–Crippen MR) is 124 cm³/mol. The number of hydrogen-bond acceptors (Lipinski definition) is 4. The molecule has 1 N–H and O–H groups in total. The summed E-state index contributed by atoms with van der Waals surface area (Å²) in [5, 5.41) is 9.21. The molecule has 4 nitrogen and oxygen atoms in total. The average molecular weight is 414 g/mol. The van der Waals surface area contributed by atoms with Crippen LogP contribution in [0, 0.1) is 0 Å². The smallest absolute Gasteiger partial charge is 0.305 e. The molecule has 0 aliphatic rings. The molecule has 0 unspecified atom stereocenters. The molecule has 0 radical (unpaired) electrons. The van der Waals surface area contributed by atoms with Crippen LogP contribution in [-0.4, -0.2) is 48.8 Å². The Morgan fingerprint density at radius 3 is 1.72 bits per heavy atom. The summed E-state index contributed by atoms with van der Waals surface area (Å²) in [4.78, 5) is 14.2. The minimum Gasteiger partial charge on any atom is -0.466 e. The topological polar surface area (TPSA) is 49.8 Å². The maximum Gasteiger partial charge on any atom is 0.305 e. The van der Waals surface area contributed by atoms with Crippen LogP contribution < -0.4 is 0 Å². The molecule has 0 spiro atoms. The summed E-state index contributed by atoms with van der Waals surface area (Å²) in [7, 11) is 0. The number of aliphatic hydroxyl groups is 1. The average Bonchev–Trinajstić information content (AvgIpc) is 2.72. The van der Waals surface area contributed by atoms with E-state index in [1.807, 2.05) is 0 Å². The molecule has 0 aromatic rings. The van der Waals surface area contributed by atoms with E-state index in [-0.39, 0.29) is 12.6 Å². The fourth-order valence-corrected chi connectivity index (χ4v) is 3.69. The van der Waals surface area contributed by atoms with Gasteiger partial charge in [-0.05, 0) is 38.8 Å². The van der Waals surface area contributed by atoms with Crippen molar-refractivity contribution in [3.8, 4) is 0 Å². The van der Waals surface area contributed by atoms with E-state index in [0.717, 1.165) is 38.9 Å². The van der Waals surface area contributed by atoms with Gasteiger partial charge < -0.3 is 14.7 Å². The maximum absolute atomic E-state index is 11.8. The largest absolute Gasteiger partial charge is 0.466 e. The monoisotopic (exact) mass is 413 g/mol. The van der Waals surface area contributed by atoms with Gasteiger partial charge in [-0.25, -0.2) is 0 Å². The standard InChI is InChI=1S/C25H51NO3/c1-3-5-7-9-10-14-18-24-29-25(28)19-15-12-11-13-17-21-26(22-23-27)20-16-8-6-4-2/h27H,3-24H2,1-2H3. The van der Waals surface area contributed by atoms with Gasteiger partial charge in [0.2, 0.25) is 0 Å². The second kappa shape index (κ2) is 23.7. The molecule has 0 heterocycles. The zero-order valence-electron chi connectivity index (χ0n) is 19.8. The van der Waals surface area contributed by atoms with Gasteiger partial charge in [-0.3, -0.25) is 4.79 Å². The van der Waals surface area contributed by atoms with Gasteiger partial charge in [0.25, 0.3) is 0 Å². The summed E-state index contributed by atoms with van der Waals surface area (Å²) in [6, 6.07) is 0. The lowest BCUT2D eigenvalue weighted by atomic mass is 10.1. The lowest BCUT2D eigenvalue weighted by Crippen LogP contribution is -2.29. The number of carbonyl (C=O) groups excluding carboxylic acids is 1. The van der Waals surface area contributed by atoms with Crippen molar-refractivity contribution in [3.63, 3.8) is 0 Å². The van der Waals surface area contributed by atoms with Crippen molar-refractivity contribution in [2.24, 2.45) is 0 Å². The second-order valence-corrected chi connectivity index (χ2v) is 8.49. The molecule has 0 aromatic heterocycles. The van der Waals surface area contributed by atoms with E-state index >= 15 is 0 Å². The first kappa shape index (κ1) is 28.4. The van der Waals surface area contributed by atoms with Crippen molar-refractivity contribution in [3.05, 3.63) is 0 Å². The maximum atomic E-state index is 11.8. The fraction of sp³-hybridized carbons (Fsp3) is 0.960. The van der Waals surface area contributed by atoms with Gasteiger partial charge in [0.05, 0.1) is 13.2 Å². The highest BCUT2D eigenvalue weighted by atomic mass is 16.5. The van der Waals surface area contributed by atoms with Crippen LogP contribution in [0.1, 0.15) is 123 Å². The lowest BCUT2D eigenvalue weighted by molar-refractivity contribution is -0.143. The van der Waals surface area contributed by atoms with Crippen molar-refractivity contribution >= 4 is 5.97 Å². The third-order valence-electron chi connectivity index (χ3n) is 5.61. The summed E-state index contributed by atoms with van der Waals surface area (Å²) >= 11 is 0. The zero-order chi connectivity index (χ0) is 21.4. The third kappa shape index (κ3) is 21.9. The first-order valence-electron chi connectivity index (χ1n) is 12.7. The van der Waals surface area contributed by atoms with Crippen LogP contribution in [0.25, 0.3) is 0 Å². The Hall–Kier alpha value is -0.610. The summed E-state index contributed by atoms with van der Waals surface area (Å²) in [6.45, 7) is 8.35. The Kier molecular flexibility index (Phi) is 23.2. The van der Waals surface area contributed by atoms with E-state index in [9.17, 15) is 9.90 Å². The highest BCUT2D eigenvalue weighted by Gasteiger charge is 2.05. The summed E-state index contributed by atoms with van der Waals surface area (Å²) < 4.78 is 5.34. The molecule has 174 valence electrons. The number of hydrogen-bond donors (Lipinski definition) is 1. The fourth-order valence-electron chi connectivity index (χ4n) is 3.69. The third-order valence-corrected chi connectivity index (χ3v) is 5.61. The van der Waals surface area contributed by atoms with Crippen molar-refractivity contribution in [1.82, 2.24) is 4.90 Å². The Bertz CT molecular complexity index is 336. The normalized spacial score (nSPS) is 11.3. The highest BCUT2D eigenvalue weighted by Crippen LogP contribution is 2.10.